The summed E-state index contributed by atoms with van der Waals surface area (Å²) in [5.74, 6) is 0.753. The van der Waals surface area contributed by atoms with E-state index in [1.807, 2.05) is 0 Å². The Kier molecular flexibility index (Phi) is 5.59. The molecule has 2 heterocycles. The van der Waals surface area contributed by atoms with Crippen molar-refractivity contribution in [2.45, 2.75) is 76.4 Å². The lowest BCUT2D eigenvalue weighted by molar-refractivity contribution is 0.203. The molecule has 0 N–H and O–H groups in total. The van der Waals surface area contributed by atoms with Gasteiger partial charge in [-0.05, 0) is 38.3 Å². The fraction of sp³-hybridized carbons (Fsp3) is 0.824. The standard InChI is InChI=1S/C17H28ClN3/c18-13-17-9-5-2-6-11-20(17)14-15-10-12-21(19-15)16-7-3-1-4-8-16/h10,12,16-17H,1-9,11,13-14H2. The van der Waals surface area contributed by atoms with Gasteiger partial charge in [-0.15, -0.1) is 11.6 Å². The predicted molar refractivity (Wildman–Crippen MR) is 87.7 cm³/mol. The quantitative estimate of drug-likeness (QED) is 0.770. The summed E-state index contributed by atoms with van der Waals surface area (Å²) < 4.78 is 2.22. The normalized spacial score (nSPS) is 25.9. The van der Waals surface area contributed by atoms with Gasteiger partial charge in [-0.2, -0.15) is 5.10 Å². The van der Waals surface area contributed by atoms with Crippen LogP contribution in [0.3, 0.4) is 0 Å². The van der Waals surface area contributed by atoms with Gasteiger partial charge in [0.25, 0.3) is 0 Å². The Balaban J connectivity index is 1.62. The highest BCUT2D eigenvalue weighted by Crippen LogP contribution is 2.28. The topological polar surface area (TPSA) is 21.1 Å². The van der Waals surface area contributed by atoms with E-state index in [0.717, 1.165) is 12.4 Å². The molecule has 0 amide bonds. The third kappa shape index (κ3) is 4.01. The number of likely N-dealkylation sites (tertiary alicyclic amines) is 1. The van der Waals surface area contributed by atoms with Crippen LogP contribution in [-0.2, 0) is 6.54 Å². The Bertz CT molecular complexity index is 425. The van der Waals surface area contributed by atoms with Crippen LogP contribution in [-0.4, -0.2) is 33.1 Å². The second kappa shape index (κ2) is 7.64. The van der Waals surface area contributed by atoms with Gasteiger partial charge in [0, 0.05) is 24.7 Å². The van der Waals surface area contributed by atoms with Crippen LogP contribution >= 0.6 is 11.6 Å². The molecule has 4 heteroatoms. The number of nitrogens with zero attached hydrogens (tertiary/aromatic N) is 3. The molecule has 21 heavy (non-hydrogen) atoms. The summed E-state index contributed by atoms with van der Waals surface area (Å²) in [5, 5.41) is 4.86. The monoisotopic (exact) mass is 309 g/mol. The van der Waals surface area contributed by atoms with Crippen LogP contribution in [0, 0.1) is 0 Å². The summed E-state index contributed by atoms with van der Waals surface area (Å²) >= 11 is 6.17. The molecule has 1 atom stereocenters. The first-order valence-electron chi connectivity index (χ1n) is 8.71. The highest BCUT2D eigenvalue weighted by atomic mass is 35.5. The number of hydrogen-bond acceptors (Lipinski definition) is 2. The first-order chi connectivity index (χ1) is 10.4. The van der Waals surface area contributed by atoms with E-state index >= 15 is 0 Å². The summed E-state index contributed by atoms with van der Waals surface area (Å²) in [6.07, 6.45) is 14.1. The molecule has 2 fully saturated rings. The Morgan fingerprint density at radius 3 is 2.62 bits per heavy atom. The fourth-order valence-electron chi connectivity index (χ4n) is 3.84. The molecule has 1 aromatic heterocycles. The molecular formula is C17H28ClN3. The first kappa shape index (κ1) is 15.4. The van der Waals surface area contributed by atoms with Crippen LogP contribution in [0.15, 0.2) is 12.3 Å². The van der Waals surface area contributed by atoms with Crippen LogP contribution in [0.1, 0.15) is 69.5 Å². The minimum atomic E-state index is 0.536. The fourth-order valence-corrected chi connectivity index (χ4v) is 4.19. The average Bonchev–Trinajstić information content (AvgIpc) is 2.88. The van der Waals surface area contributed by atoms with Crippen LogP contribution in [0.4, 0.5) is 0 Å². The molecule has 2 aliphatic rings. The van der Waals surface area contributed by atoms with Gasteiger partial charge < -0.3 is 0 Å². The first-order valence-corrected chi connectivity index (χ1v) is 9.24. The highest BCUT2D eigenvalue weighted by molar-refractivity contribution is 6.18. The zero-order valence-corrected chi connectivity index (χ0v) is 13.8. The van der Waals surface area contributed by atoms with Gasteiger partial charge in [-0.3, -0.25) is 9.58 Å². The van der Waals surface area contributed by atoms with Gasteiger partial charge in [0.15, 0.2) is 0 Å². The average molecular weight is 310 g/mol. The molecule has 0 radical (unpaired) electrons. The number of hydrogen-bond donors (Lipinski definition) is 0. The van der Waals surface area contributed by atoms with Gasteiger partial charge >= 0.3 is 0 Å². The molecule has 1 aliphatic heterocycles. The lowest BCUT2D eigenvalue weighted by Crippen LogP contribution is -2.35. The molecule has 0 bridgehead atoms. The third-order valence-corrected chi connectivity index (χ3v) is 5.51. The predicted octanol–water partition coefficient (Wildman–Crippen LogP) is 4.37. The molecule has 1 aromatic rings. The number of aromatic nitrogens is 2. The second-order valence-corrected chi connectivity index (χ2v) is 7.02. The Morgan fingerprint density at radius 2 is 1.81 bits per heavy atom. The van der Waals surface area contributed by atoms with E-state index in [1.165, 1.54) is 70.0 Å². The maximum absolute atomic E-state index is 6.17. The van der Waals surface area contributed by atoms with E-state index in [4.69, 9.17) is 16.7 Å². The van der Waals surface area contributed by atoms with Gasteiger partial charge in [0.1, 0.15) is 0 Å². The molecule has 1 saturated carbocycles. The summed E-state index contributed by atoms with van der Waals surface area (Å²) in [5.41, 5.74) is 1.22. The van der Waals surface area contributed by atoms with E-state index < -0.39 is 0 Å². The van der Waals surface area contributed by atoms with Crippen molar-refractivity contribution in [2.24, 2.45) is 0 Å². The van der Waals surface area contributed by atoms with Crippen molar-refractivity contribution < 1.29 is 0 Å². The Morgan fingerprint density at radius 1 is 1.05 bits per heavy atom. The van der Waals surface area contributed by atoms with Gasteiger partial charge in [0.05, 0.1) is 11.7 Å². The SMILES string of the molecule is ClCC1CCCCCN1Cc1ccn(C2CCCCC2)n1. The summed E-state index contributed by atoms with van der Waals surface area (Å²) in [4.78, 5) is 2.55. The van der Waals surface area contributed by atoms with Gasteiger partial charge in [0.2, 0.25) is 0 Å². The number of halogens is 1. The van der Waals surface area contributed by atoms with Crippen molar-refractivity contribution in [1.29, 1.82) is 0 Å². The molecule has 3 rings (SSSR count). The zero-order chi connectivity index (χ0) is 14.5. The lowest BCUT2D eigenvalue weighted by Gasteiger charge is -2.27. The highest BCUT2D eigenvalue weighted by Gasteiger charge is 2.22. The van der Waals surface area contributed by atoms with E-state index in [9.17, 15) is 0 Å². The number of rotatable bonds is 4. The Hall–Kier alpha value is -0.540. The third-order valence-electron chi connectivity index (χ3n) is 5.15. The van der Waals surface area contributed by atoms with Crippen LogP contribution < -0.4 is 0 Å². The van der Waals surface area contributed by atoms with Gasteiger partial charge in [-0.1, -0.05) is 32.1 Å². The summed E-state index contributed by atoms with van der Waals surface area (Å²) in [7, 11) is 0. The van der Waals surface area contributed by atoms with E-state index in [0.29, 0.717) is 12.1 Å². The molecule has 0 aromatic carbocycles. The minimum absolute atomic E-state index is 0.536. The lowest BCUT2D eigenvalue weighted by atomic mass is 9.96. The molecule has 1 saturated heterocycles. The van der Waals surface area contributed by atoms with Crippen molar-refractivity contribution in [3.8, 4) is 0 Å². The minimum Gasteiger partial charge on any atom is -0.293 e. The van der Waals surface area contributed by atoms with Crippen molar-refractivity contribution in [2.75, 3.05) is 12.4 Å². The van der Waals surface area contributed by atoms with E-state index in [1.54, 1.807) is 0 Å². The number of alkyl halides is 1. The van der Waals surface area contributed by atoms with Crippen molar-refractivity contribution in [1.82, 2.24) is 14.7 Å². The smallest absolute Gasteiger partial charge is 0.0765 e. The zero-order valence-electron chi connectivity index (χ0n) is 13.0. The van der Waals surface area contributed by atoms with E-state index in [2.05, 4.69) is 21.8 Å². The molecule has 0 spiro atoms. The van der Waals surface area contributed by atoms with Crippen LogP contribution in [0.2, 0.25) is 0 Å². The molecule has 1 unspecified atom stereocenters. The molecule has 3 nitrogen and oxygen atoms in total. The maximum atomic E-state index is 6.17. The van der Waals surface area contributed by atoms with Crippen LogP contribution in [0.5, 0.6) is 0 Å². The Labute approximate surface area is 133 Å². The molecule has 1 aliphatic carbocycles. The van der Waals surface area contributed by atoms with Crippen molar-refractivity contribution >= 4 is 11.6 Å². The largest absolute Gasteiger partial charge is 0.293 e. The summed E-state index contributed by atoms with van der Waals surface area (Å²) in [6, 6.07) is 3.39. The molecule has 118 valence electrons. The second-order valence-electron chi connectivity index (χ2n) is 6.71. The van der Waals surface area contributed by atoms with E-state index in [-0.39, 0.29) is 0 Å². The summed E-state index contributed by atoms with van der Waals surface area (Å²) in [6.45, 7) is 2.14. The van der Waals surface area contributed by atoms with Crippen molar-refractivity contribution in [3.05, 3.63) is 18.0 Å². The van der Waals surface area contributed by atoms with Crippen LogP contribution in [0.25, 0.3) is 0 Å². The van der Waals surface area contributed by atoms with Crippen molar-refractivity contribution in [3.63, 3.8) is 0 Å². The van der Waals surface area contributed by atoms with Gasteiger partial charge in [-0.25, -0.2) is 0 Å². The maximum Gasteiger partial charge on any atom is 0.0765 e. The molecular weight excluding hydrogens is 282 g/mol.